The standard InChI is InChI=1S/C18H21FN4O3S/c1-13-3-4-14(11-16(13)19)18(24)23-9-7-22(8-10-23)17-6-5-15(12-21-17)27(25,26)20-2/h3-6,11-12,20H,7-10H2,1-2H3. The fourth-order valence-electron chi connectivity index (χ4n) is 2.88. The molecule has 2 heterocycles. The molecule has 1 N–H and O–H groups in total. The Hall–Kier alpha value is -2.52. The van der Waals surface area contributed by atoms with Crippen LogP contribution in [0.3, 0.4) is 0 Å². The number of carbonyl (C=O) groups is 1. The van der Waals surface area contributed by atoms with Gasteiger partial charge in [0.15, 0.2) is 0 Å². The van der Waals surface area contributed by atoms with E-state index in [1.807, 2.05) is 4.90 Å². The molecule has 7 nitrogen and oxygen atoms in total. The predicted octanol–water partition coefficient (Wildman–Crippen LogP) is 1.40. The van der Waals surface area contributed by atoms with Gasteiger partial charge in [0, 0.05) is 37.9 Å². The van der Waals surface area contributed by atoms with E-state index >= 15 is 0 Å². The first-order valence-corrected chi connectivity index (χ1v) is 10.00. The molecule has 0 atom stereocenters. The van der Waals surface area contributed by atoms with Crippen molar-refractivity contribution in [3.05, 3.63) is 53.5 Å². The molecule has 144 valence electrons. The van der Waals surface area contributed by atoms with Crippen molar-refractivity contribution in [2.45, 2.75) is 11.8 Å². The molecule has 3 rings (SSSR count). The van der Waals surface area contributed by atoms with Crippen LogP contribution in [0.15, 0.2) is 41.4 Å². The lowest BCUT2D eigenvalue weighted by molar-refractivity contribution is 0.0746. The number of hydrogen-bond donors (Lipinski definition) is 1. The van der Waals surface area contributed by atoms with E-state index < -0.39 is 10.0 Å². The highest BCUT2D eigenvalue weighted by atomic mass is 32.2. The summed E-state index contributed by atoms with van der Waals surface area (Å²) < 4.78 is 39.4. The van der Waals surface area contributed by atoms with Gasteiger partial charge in [0.1, 0.15) is 16.5 Å². The highest BCUT2D eigenvalue weighted by Gasteiger charge is 2.23. The Morgan fingerprint density at radius 1 is 1.15 bits per heavy atom. The Morgan fingerprint density at radius 3 is 2.41 bits per heavy atom. The SMILES string of the molecule is CNS(=O)(=O)c1ccc(N2CCN(C(=O)c3ccc(C)c(F)c3)CC2)nc1. The van der Waals surface area contributed by atoms with E-state index in [2.05, 4.69) is 9.71 Å². The Balaban J connectivity index is 1.65. The highest BCUT2D eigenvalue weighted by Crippen LogP contribution is 2.18. The smallest absolute Gasteiger partial charge is 0.254 e. The number of carbonyl (C=O) groups excluding carboxylic acids is 1. The van der Waals surface area contributed by atoms with Crippen LogP contribution in [0, 0.1) is 12.7 Å². The topological polar surface area (TPSA) is 82.6 Å². The number of nitrogens with one attached hydrogen (secondary N) is 1. The maximum absolute atomic E-state index is 13.7. The van der Waals surface area contributed by atoms with Crippen LogP contribution in [0.2, 0.25) is 0 Å². The van der Waals surface area contributed by atoms with Crippen molar-refractivity contribution >= 4 is 21.7 Å². The molecule has 0 radical (unpaired) electrons. The average Bonchev–Trinajstić information content (AvgIpc) is 2.70. The summed E-state index contributed by atoms with van der Waals surface area (Å²) in [5.74, 6) is 0.0656. The van der Waals surface area contributed by atoms with Crippen molar-refractivity contribution in [2.75, 3.05) is 38.1 Å². The number of aromatic nitrogens is 1. The minimum absolute atomic E-state index is 0.101. The zero-order chi connectivity index (χ0) is 19.6. The van der Waals surface area contributed by atoms with Crippen LogP contribution in [0.1, 0.15) is 15.9 Å². The lowest BCUT2D eigenvalue weighted by Gasteiger charge is -2.35. The van der Waals surface area contributed by atoms with Crippen LogP contribution >= 0.6 is 0 Å². The number of anilines is 1. The molecule has 27 heavy (non-hydrogen) atoms. The van der Waals surface area contributed by atoms with E-state index in [9.17, 15) is 17.6 Å². The molecule has 2 aromatic rings. The number of hydrogen-bond acceptors (Lipinski definition) is 5. The van der Waals surface area contributed by atoms with E-state index in [0.29, 0.717) is 43.1 Å². The quantitative estimate of drug-likeness (QED) is 0.851. The molecule has 9 heteroatoms. The van der Waals surface area contributed by atoms with E-state index in [1.54, 1.807) is 30.0 Å². The lowest BCUT2D eigenvalue weighted by atomic mass is 10.1. The van der Waals surface area contributed by atoms with Crippen LogP contribution in [-0.2, 0) is 10.0 Å². The van der Waals surface area contributed by atoms with E-state index in [-0.39, 0.29) is 16.6 Å². The van der Waals surface area contributed by atoms with Crippen LogP contribution in [-0.4, -0.2) is 57.4 Å². The molecule has 0 bridgehead atoms. The Labute approximate surface area is 157 Å². The van der Waals surface area contributed by atoms with Gasteiger partial charge in [-0.25, -0.2) is 22.5 Å². The zero-order valence-corrected chi connectivity index (χ0v) is 16.0. The number of nitrogens with zero attached hydrogens (tertiary/aromatic N) is 3. The summed E-state index contributed by atoms with van der Waals surface area (Å²) in [5, 5.41) is 0. The molecule has 1 saturated heterocycles. The first-order chi connectivity index (χ1) is 12.8. The minimum atomic E-state index is -3.52. The first-order valence-electron chi connectivity index (χ1n) is 8.52. The molecule has 1 aromatic carbocycles. The summed E-state index contributed by atoms with van der Waals surface area (Å²) in [6.07, 6.45) is 1.31. The molecule has 1 amide bonds. The predicted molar refractivity (Wildman–Crippen MR) is 99.7 cm³/mol. The molecule has 1 aliphatic rings. The molecular formula is C18H21FN4O3S. The van der Waals surface area contributed by atoms with Crippen molar-refractivity contribution in [1.29, 1.82) is 0 Å². The third-order valence-corrected chi connectivity index (χ3v) is 6.01. The number of pyridine rings is 1. The molecule has 0 spiro atoms. The number of sulfonamides is 1. The highest BCUT2D eigenvalue weighted by molar-refractivity contribution is 7.89. The molecule has 1 aromatic heterocycles. The summed E-state index contributed by atoms with van der Waals surface area (Å²) in [6.45, 7) is 3.73. The molecular weight excluding hydrogens is 371 g/mol. The second-order valence-electron chi connectivity index (χ2n) is 6.30. The van der Waals surface area contributed by atoms with E-state index in [4.69, 9.17) is 0 Å². The van der Waals surface area contributed by atoms with Gasteiger partial charge in [-0.05, 0) is 43.8 Å². The maximum atomic E-state index is 13.7. The van der Waals surface area contributed by atoms with Crippen LogP contribution in [0.25, 0.3) is 0 Å². The molecule has 0 unspecified atom stereocenters. The van der Waals surface area contributed by atoms with Gasteiger partial charge in [-0.1, -0.05) is 6.07 Å². The van der Waals surface area contributed by atoms with Gasteiger partial charge in [-0.15, -0.1) is 0 Å². The third kappa shape index (κ3) is 4.09. The number of halogens is 1. The number of benzene rings is 1. The fraction of sp³-hybridized carbons (Fsp3) is 0.333. The summed E-state index contributed by atoms with van der Waals surface area (Å²) in [7, 11) is -2.17. The Kier molecular flexibility index (Phi) is 5.43. The van der Waals surface area contributed by atoms with Crippen molar-refractivity contribution in [1.82, 2.24) is 14.6 Å². The summed E-state index contributed by atoms with van der Waals surface area (Å²) in [6, 6.07) is 7.66. The number of piperazine rings is 1. The average molecular weight is 392 g/mol. The number of aryl methyl sites for hydroxylation is 1. The van der Waals surface area contributed by atoms with Gasteiger partial charge in [0.2, 0.25) is 10.0 Å². The van der Waals surface area contributed by atoms with Gasteiger partial charge in [-0.3, -0.25) is 4.79 Å². The Morgan fingerprint density at radius 2 is 1.85 bits per heavy atom. The van der Waals surface area contributed by atoms with Gasteiger partial charge in [0.05, 0.1) is 0 Å². The summed E-state index contributed by atoms with van der Waals surface area (Å²) in [4.78, 5) is 20.5. The fourth-order valence-corrected chi connectivity index (χ4v) is 3.56. The monoisotopic (exact) mass is 392 g/mol. The van der Waals surface area contributed by atoms with Crippen LogP contribution in [0.4, 0.5) is 10.2 Å². The van der Waals surface area contributed by atoms with Crippen molar-refractivity contribution in [3.63, 3.8) is 0 Å². The molecule has 0 saturated carbocycles. The molecule has 0 aliphatic carbocycles. The first kappa shape index (κ1) is 19.2. The lowest BCUT2D eigenvalue weighted by Crippen LogP contribution is -2.49. The van der Waals surface area contributed by atoms with Crippen molar-refractivity contribution < 1.29 is 17.6 Å². The molecule has 1 aliphatic heterocycles. The Bertz CT molecular complexity index is 940. The van der Waals surface area contributed by atoms with E-state index in [0.717, 1.165) is 0 Å². The van der Waals surface area contributed by atoms with Crippen LogP contribution < -0.4 is 9.62 Å². The van der Waals surface area contributed by atoms with Gasteiger partial charge in [0.25, 0.3) is 5.91 Å². The minimum Gasteiger partial charge on any atom is -0.353 e. The normalized spacial score (nSPS) is 15.1. The summed E-state index contributed by atoms with van der Waals surface area (Å²) >= 11 is 0. The third-order valence-electron chi connectivity index (χ3n) is 4.61. The number of rotatable bonds is 4. The summed E-state index contributed by atoms with van der Waals surface area (Å²) in [5.41, 5.74) is 0.845. The largest absolute Gasteiger partial charge is 0.353 e. The van der Waals surface area contributed by atoms with Crippen LogP contribution in [0.5, 0.6) is 0 Å². The number of amides is 1. The van der Waals surface area contributed by atoms with E-state index in [1.165, 1.54) is 25.4 Å². The second kappa shape index (κ2) is 7.61. The van der Waals surface area contributed by atoms with Crippen molar-refractivity contribution in [2.24, 2.45) is 0 Å². The maximum Gasteiger partial charge on any atom is 0.254 e. The van der Waals surface area contributed by atoms with Crippen molar-refractivity contribution in [3.8, 4) is 0 Å². The zero-order valence-electron chi connectivity index (χ0n) is 15.1. The van der Waals surface area contributed by atoms with Gasteiger partial charge in [-0.2, -0.15) is 0 Å². The molecule has 1 fully saturated rings. The van der Waals surface area contributed by atoms with Gasteiger partial charge < -0.3 is 9.80 Å². The second-order valence-corrected chi connectivity index (χ2v) is 8.19. The van der Waals surface area contributed by atoms with Gasteiger partial charge >= 0.3 is 0 Å².